The second-order valence-corrected chi connectivity index (χ2v) is 7.60. The van der Waals surface area contributed by atoms with Crippen molar-refractivity contribution in [2.75, 3.05) is 12.4 Å². The minimum atomic E-state index is 0.497. The average molecular weight is 440 g/mol. The van der Waals surface area contributed by atoms with Crippen LogP contribution < -0.4 is 14.8 Å². The smallest absolute Gasteiger partial charge is 0.175 e. The zero-order valence-corrected chi connectivity index (χ0v) is 18.2. The van der Waals surface area contributed by atoms with Gasteiger partial charge in [-0.25, -0.2) is 0 Å². The van der Waals surface area contributed by atoms with Crippen LogP contribution >= 0.6 is 15.9 Å². The van der Waals surface area contributed by atoms with Crippen molar-refractivity contribution < 1.29 is 9.47 Å². The molecule has 0 bridgehead atoms. The number of ether oxygens (including phenoxy) is 2. The van der Waals surface area contributed by atoms with Crippen molar-refractivity contribution in [3.8, 4) is 11.5 Å². The molecule has 1 N–H and O–H groups in total. The van der Waals surface area contributed by atoms with E-state index in [1.807, 2.05) is 6.07 Å². The minimum Gasteiger partial charge on any atom is -0.493 e. The first kappa shape index (κ1) is 20.3. The molecule has 4 heteroatoms. The third kappa shape index (κ3) is 5.08. The van der Waals surface area contributed by atoms with Crippen LogP contribution in [0, 0.1) is 6.92 Å². The van der Waals surface area contributed by atoms with Crippen LogP contribution in [-0.2, 0) is 19.6 Å². The van der Waals surface area contributed by atoms with Crippen LogP contribution in [0.15, 0.2) is 65.1 Å². The number of hydrogen-bond donors (Lipinski definition) is 1. The maximum absolute atomic E-state index is 6.05. The Morgan fingerprint density at radius 2 is 1.71 bits per heavy atom. The summed E-state index contributed by atoms with van der Waals surface area (Å²) in [6, 6.07) is 20.8. The Hall–Kier alpha value is -2.46. The fourth-order valence-electron chi connectivity index (χ4n) is 3.05. The normalized spacial score (nSPS) is 10.6. The summed E-state index contributed by atoms with van der Waals surface area (Å²) in [6.45, 7) is 5.46. The molecule has 28 heavy (non-hydrogen) atoms. The molecule has 0 spiro atoms. The quantitative estimate of drug-likeness (QED) is 0.433. The molecule has 0 aliphatic carbocycles. The van der Waals surface area contributed by atoms with Crippen LogP contribution in [-0.4, -0.2) is 7.11 Å². The maximum atomic E-state index is 6.05. The zero-order valence-electron chi connectivity index (χ0n) is 16.6. The van der Waals surface area contributed by atoms with E-state index in [0.29, 0.717) is 13.2 Å². The molecule has 0 amide bonds. The van der Waals surface area contributed by atoms with E-state index < -0.39 is 0 Å². The second kappa shape index (κ2) is 9.65. The predicted octanol–water partition coefficient (Wildman–Crippen LogP) is 6.52. The molecule has 0 radical (unpaired) electrons. The van der Waals surface area contributed by atoms with Gasteiger partial charge in [0.15, 0.2) is 11.5 Å². The Bertz CT molecular complexity index is 922. The van der Waals surface area contributed by atoms with E-state index in [1.54, 1.807) is 7.11 Å². The second-order valence-electron chi connectivity index (χ2n) is 6.75. The van der Waals surface area contributed by atoms with Crippen LogP contribution in [0.2, 0.25) is 0 Å². The molecule has 0 saturated carbocycles. The fraction of sp³-hybridized carbons (Fsp3) is 0.250. The van der Waals surface area contributed by atoms with Crippen LogP contribution in [0.4, 0.5) is 5.69 Å². The lowest BCUT2D eigenvalue weighted by atomic mass is 10.1. The van der Waals surface area contributed by atoms with Gasteiger partial charge in [-0.3, -0.25) is 0 Å². The highest BCUT2D eigenvalue weighted by atomic mass is 79.9. The number of halogens is 1. The van der Waals surface area contributed by atoms with E-state index in [2.05, 4.69) is 89.7 Å². The SMILES string of the molecule is CCc1ccccc1NCc1cc(Br)c(OCc2ccc(C)cc2)c(OC)c1. The molecule has 0 heterocycles. The van der Waals surface area contributed by atoms with Crippen LogP contribution in [0.3, 0.4) is 0 Å². The summed E-state index contributed by atoms with van der Waals surface area (Å²) < 4.78 is 12.5. The average Bonchev–Trinajstić information content (AvgIpc) is 2.72. The van der Waals surface area contributed by atoms with E-state index in [9.17, 15) is 0 Å². The number of nitrogens with one attached hydrogen (secondary N) is 1. The Morgan fingerprint density at radius 3 is 2.43 bits per heavy atom. The first-order chi connectivity index (χ1) is 13.6. The van der Waals surface area contributed by atoms with Crippen molar-refractivity contribution in [2.24, 2.45) is 0 Å². The molecule has 146 valence electrons. The molecule has 3 aromatic rings. The summed E-state index contributed by atoms with van der Waals surface area (Å²) in [7, 11) is 1.67. The van der Waals surface area contributed by atoms with Gasteiger partial charge in [-0.15, -0.1) is 0 Å². The highest BCUT2D eigenvalue weighted by molar-refractivity contribution is 9.10. The van der Waals surface area contributed by atoms with Crippen molar-refractivity contribution in [3.63, 3.8) is 0 Å². The molecule has 0 atom stereocenters. The summed E-state index contributed by atoms with van der Waals surface area (Å²) in [5.74, 6) is 1.45. The standard InChI is InChI=1S/C24H26BrNO2/c1-4-20-7-5-6-8-22(20)26-15-19-13-21(25)24(23(14-19)27-3)28-16-18-11-9-17(2)10-12-18/h5-14,26H,4,15-16H2,1-3H3. The molecule has 3 rings (SSSR count). The van der Waals surface area contributed by atoms with Crippen molar-refractivity contribution in [3.05, 3.63) is 87.4 Å². The summed E-state index contributed by atoms with van der Waals surface area (Å²) in [4.78, 5) is 0. The predicted molar refractivity (Wildman–Crippen MR) is 119 cm³/mol. The topological polar surface area (TPSA) is 30.5 Å². The number of para-hydroxylation sites is 1. The summed E-state index contributed by atoms with van der Waals surface area (Å²) in [6.07, 6.45) is 1.00. The van der Waals surface area contributed by atoms with E-state index in [1.165, 1.54) is 16.8 Å². The van der Waals surface area contributed by atoms with E-state index in [-0.39, 0.29) is 0 Å². The van der Waals surface area contributed by atoms with Gasteiger partial charge in [0.25, 0.3) is 0 Å². The highest BCUT2D eigenvalue weighted by Gasteiger charge is 2.12. The zero-order chi connectivity index (χ0) is 19.9. The molecule has 0 aromatic heterocycles. The van der Waals surface area contributed by atoms with Crippen molar-refractivity contribution in [2.45, 2.75) is 33.4 Å². The lowest BCUT2D eigenvalue weighted by Crippen LogP contribution is -2.04. The molecule has 3 aromatic carbocycles. The summed E-state index contributed by atoms with van der Waals surface area (Å²) in [5.41, 5.74) is 5.97. The van der Waals surface area contributed by atoms with Crippen LogP contribution in [0.5, 0.6) is 11.5 Å². The Morgan fingerprint density at radius 1 is 0.964 bits per heavy atom. The lowest BCUT2D eigenvalue weighted by molar-refractivity contribution is 0.282. The lowest BCUT2D eigenvalue weighted by Gasteiger charge is -2.16. The Kier molecular flexibility index (Phi) is 6.99. The van der Waals surface area contributed by atoms with Gasteiger partial charge in [0.1, 0.15) is 6.61 Å². The Labute approximate surface area is 175 Å². The van der Waals surface area contributed by atoms with E-state index in [0.717, 1.165) is 33.5 Å². The molecule has 0 aliphatic rings. The van der Waals surface area contributed by atoms with Crippen molar-refractivity contribution in [1.29, 1.82) is 0 Å². The van der Waals surface area contributed by atoms with Gasteiger partial charge in [0, 0.05) is 12.2 Å². The molecule has 0 fully saturated rings. The molecular weight excluding hydrogens is 414 g/mol. The number of hydrogen-bond acceptors (Lipinski definition) is 3. The van der Waals surface area contributed by atoms with Crippen molar-refractivity contribution in [1.82, 2.24) is 0 Å². The Balaban J connectivity index is 1.72. The first-order valence-electron chi connectivity index (χ1n) is 9.47. The third-order valence-corrected chi connectivity index (χ3v) is 5.26. The first-order valence-corrected chi connectivity index (χ1v) is 10.3. The van der Waals surface area contributed by atoms with Crippen LogP contribution in [0.25, 0.3) is 0 Å². The monoisotopic (exact) mass is 439 g/mol. The molecule has 0 saturated heterocycles. The maximum Gasteiger partial charge on any atom is 0.175 e. The van der Waals surface area contributed by atoms with Crippen LogP contribution in [0.1, 0.15) is 29.2 Å². The minimum absolute atomic E-state index is 0.497. The summed E-state index contributed by atoms with van der Waals surface area (Å²) >= 11 is 3.65. The molecule has 3 nitrogen and oxygen atoms in total. The number of methoxy groups -OCH3 is 1. The van der Waals surface area contributed by atoms with Gasteiger partial charge >= 0.3 is 0 Å². The van der Waals surface area contributed by atoms with Gasteiger partial charge in [0.05, 0.1) is 11.6 Å². The van der Waals surface area contributed by atoms with Crippen molar-refractivity contribution >= 4 is 21.6 Å². The van der Waals surface area contributed by atoms with Gasteiger partial charge < -0.3 is 14.8 Å². The number of benzene rings is 3. The van der Waals surface area contributed by atoms with E-state index in [4.69, 9.17) is 9.47 Å². The molecule has 0 unspecified atom stereocenters. The number of anilines is 1. The van der Waals surface area contributed by atoms with Gasteiger partial charge in [-0.2, -0.15) is 0 Å². The fourth-order valence-corrected chi connectivity index (χ4v) is 3.66. The molecule has 0 aliphatic heterocycles. The van der Waals surface area contributed by atoms with Gasteiger partial charge in [0.2, 0.25) is 0 Å². The largest absolute Gasteiger partial charge is 0.493 e. The van der Waals surface area contributed by atoms with E-state index >= 15 is 0 Å². The highest BCUT2D eigenvalue weighted by Crippen LogP contribution is 2.37. The number of rotatable bonds is 8. The third-order valence-electron chi connectivity index (χ3n) is 4.67. The number of aryl methyl sites for hydroxylation is 2. The molecular formula is C24H26BrNO2. The van der Waals surface area contributed by atoms with Gasteiger partial charge in [-0.05, 0) is 64.2 Å². The summed E-state index contributed by atoms with van der Waals surface area (Å²) in [5, 5.41) is 3.52. The van der Waals surface area contributed by atoms with Gasteiger partial charge in [-0.1, -0.05) is 55.0 Å².